The lowest BCUT2D eigenvalue weighted by atomic mass is 10.2. The van der Waals surface area contributed by atoms with Crippen LogP contribution in [-0.4, -0.2) is 27.4 Å². The van der Waals surface area contributed by atoms with Gasteiger partial charge in [0.05, 0.1) is 33.6 Å². The fourth-order valence-corrected chi connectivity index (χ4v) is 4.01. The van der Waals surface area contributed by atoms with Crippen LogP contribution in [0.1, 0.15) is 17.7 Å². The first kappa shape index (κ1) is 20.5. The van der Waals surface area contributed by atoms with Crippen molar-refractivity contribution in [3.63, 3.8) is 0 Å². The summed E-state index contributed by atoms with van der Waals surface area (Å²) in [6.45, 7) is 1.99. The molecule has 2 aromatic carbocycles. The molecular formula is C23H19BrN4OS. The Hall–Kier alpha value is -2.77. The number of hydrogen-bond acceptors (Lipinski definition) is 5. The Morgan fingerprint density at radius 2 is 1.83 bits per heavy atom. The van der Waals surface area contributed by atoms with E-state index in [1.807, 2.05) is 67.6 Å². The number of hydrogen-bond donors (Lipinski definition) is 1. The second-order valence-electron chi connectivity index (χ2n) is 6.75. The molecule has 0 spiro atoms. The summed E-state index contributed by atoms with van der Waals surface area (Å²) in [6.07, 6.45) is 2.29. The Kier molecular flexibility index (Phi) is 6.40. The summed E-state index contributed by atoms with van der Waals surface area (Å²) in [4.78, 5) is 26.5. The molecule has 1 amide bonds. The van der Waals surface area contributed by atoms with Crippen LogP contribution in [0, 0.1) is 6.92 Å². The lowest BCUT2D eigenvalue weighted by molar-refractivity contribution is -0.113. The minimum Gasteiger partial charge on any atom is -0.325 e. The van der Waals surface area contributed by atoms with Crippen molar-refractivity contribution < 1.29 is 4.79 Å². The van der Waals surface area contributed by atoms with E-state index in [9.17, 15) is 4.79 Å². The molecule has 1 N–H and O–H groups in total. The maximum Gasteiger partial charge on any atom is 0.234 e. The third kappa shape index (κ3) is 5.04. The van der Waals surface area contributed by atoms with Crippen LogP contribution in [0.15, 0.2) is 81.3 Å². The average Bonchev–Trinajstić information content (AvgIpc) is 2.95. The molecule has 150 valence electrons. The Morgan fingerprint density at radius 1 is 1.07 bits per heavy atom. The number of nitrogens with zero attached hydrogens (tertiary/aromatic N) is 3. The predicted molar refractivity (Wildman–Crippen MR) is 129 cm³/mol. The van der Waals surface area contributed by atoms with Gasteiger partial charge in [0.2, 0.25) is 5.91 Å². The molecule has 0 aliphatic carbocycles. The number of para-hydroxylation sites is 2. The van der Waals surface area contributed by atoms with Gasteiger partial charge in [-0.2, -0.15) is 0 Å². The van der Waals surface area contributed by atoms with E-state index in [4.69, 9.17) is 9.98 Å². The molecule has 1 aliphatic heterocycles. The van der Waals surface area contributed by atoms with Crippen LogP contribution in [-0.2, 0) is 4.79 Å². The largest absolute Gasteiger partial charge is 0.325 e. The molecule has 0 unspecified atom stereocenters. The average molecular weight is 479 g/mol. The summed E-state index contributed by atoms with van der Waals surface area (Å²) in [5.74, 6) is 0.198. The highest BCUT2D eigenvalue weighted by Crippen LogP contribution is 2.33. The maximum absolute atomic E-state index is 12.5. The number of carbonyl (C=O) groups is 1. The van der Waals surface area contributed by atoms with Crippen molar-refractivity contribution in [2.24, 2.45) is 9.98 Å². The molecule has 0 saturated heterocycles. The standard InChI is InChI=1S/C23H19BrN4OS/c1-15-12-16(9-10-17(15)24)26-22(29)14-30-23-13-21(18-6-4-5-11-25-18)27-19-7-2-3-8-20(19)28-23/h2-12H,13-14H2,1H3,(H,26,29). The number of anilines is 1. The van der Waals surface area contributed by atoms with Crippen LogP contribution in [0.4, 0.5) is 17.1 Å². The Bertz CT molecular complexity index is 1140. The minimum atomic E-state index is -0.0710. The van der Waals surface area contributed by atoms with Crippen molar-refractivity contribution in [1.29, 1.82) is 0 Å². The first-order valence-electron chi connectivity index (χ1n) is 9.43. The SMILES string of the molecule is Cc1cc(NC(=O)CSC2=Nc3ccccc3N=C(c3ccccn3)C2)ccc1Br. The zero-order valence-electron chi connectivity index (χ0n) is 16.3. The molecular weight excluding hydrogens is 460 g/mol. The molecule has 5 nitrogen and oxygen atoms in total. The van der Waals surface area contributed by atoms with Crippen LogP contribution in [0.2, 0.25) is 0 Å². The molecule has 3 aromatic rings. The van der Waals surface area contributed by atoms with Gasteiger partial charge in [-0.15, -0.1) is 11.8 Å². The molecule has 2 heterocycles. The molecule has 1 aliphatic rings. The Labute approximate surface area is 187 Å². The van der Waals surface area contributed by atoms with Gasteiger partial charge in [0.25, 0.3) is 0 Å². The van der Waals surface area contributed by atoms with Gasteiger partial charge in [0, 0.05) is 22.8 Å². The summed E-state index contributed by atoms with van der Waals surface area (Å²) in [5, 5.41) is 3.79. The van der Waals surface area contributed by atoms with Crippen LogP contribution in [0.25, 0.3) is 0 Å². The third-order valence-electron chi connectivity index (χ3n) is 4.47. The number of aryl methyl sites for hydroxylation is 1. The van der Waals surface area contributed by atoms with Gasteiger partial charge in [0.15, 0.2) is 0 Å². The summed E-state index contributed by atoms with van der Waals surface area (Å²) in [5.41, 5.74) is 5.12. The number of halogens is 1. The quantitative estimate of drug-likeness (QED) is 0.493. The number of pyridine rings is 1. The van der Waals surface area contributed by atoms with Gasteiger partial charge < -0.3 is 5.32 Å². The van der Waals surface area contributed by atoms with Crippen molar-refractivity contribution in [3.05, 3.63) is 82.6 Å². The zero-order chi connectivity index (χ0) is 20.9. The number of fused-ring (bicyclic) bond motifs is 1. The van der Waals surface area contributed by atoms with Gasteiger partial charge in [-0.25, -0.2) is 9.98 Å². The van der Waals surface area contributed by atoms with Crippen molar-refractivity contribution in [2.45, 2.75) is 13.3 Å². The number of aliphatic imine (C=N–C) groups is 2. The number of carbonyl (C=O) groups excluding carboxylic acids is 1. The predicted octanol–water partition coefficient (Wildman–Crippen LogP) is 6.08. The molecule has 0 radical (unpaired) electrons. The van der Waals surface area contributed by atoms with E-state index in [1.165, 1.54) is 11.8 Å². The fraction of sp³-hybridized carbons (Fsp3) is 0.130. The van der Waals surface area contributed by atoms with Crippen LogP contribution < -0.4 is 5.32 Å². The summed E-state index contributed by atoms with van der Waals surface area (Å²) >= 11 is 4.90. The third-order valence-corrected chi connectivity index (χ3v) is 6.34. The van der Waals surface area contributed by atoms with Gasteiger partial charge >= 0.3 is 0 Å². The van der Waals surface area contributed by atoms with Crippen molar-refractivity contribution in [1.82, 2.24) is 4.98 Å². The Balaban J connectivity index is 1.50. The molecule has 0 saturated carbocycles. The highest BCUT2D eigenvalue weighted by molar-refractivity contribution is 9.10. The monoisotopic (exact) mass is 478 g/mol. The first-order chi connectivity index (χ1) is 14.6. The molecule has 30 heavy (non-hydrogen) atoms. The smallest absolute Gasteiger partial charge is 0.234 e. The lowest BCUT2D eigenvalue weighted by Gasteiger charge is -2.09. The van der Waals surface area contributed by atoms with Gasteiger partial charge in [-0.05, 0) is 55.0 Å². The number of thioether (sulfide) groups is 1. The highest BCUT2D eigenvalue weighted by atomic mass is 79.9. The molecule has 1 aromatic heterocycles. The molecule has 4 rings (SSSR count). The van der Waals surface area contributed by atoms with Crippen LogP contribution >= 0.6 is 27.7 Å². The highest BCUT2D eigenvalue weighted by Gasteiger charge is 2.17. The molecule has 0 atom stereocenters. The maximum atomic E-state index is 12.5. The summed E-state index contributed by atoms with van der Waals surface area (Å²) in [6, 6.07) is 19.3. The fourth-order valence-electron chi connectivity index (χ4n) is 2.99. The number of rotatable bonds is 4. The second-order valence-corrected chi connectivity index (χ2v) is 8.65. The summed E-state index contributed by atoms with van der Waals surface area (Å²) in [7, 11) is 0. The molecule has 0 bridgehead atoms. The number of amides is 1. The normalized spacial score (nSPS) is 13.0. The lowest BCUT2D eigenvalue weighted by Crippen LogP contribution is -2.16. The summed E-state index contributed by atoms with van der Waals surface area (Å²) < 4.78 is 1.02. The van der Waals surface area contributed by atoms with E-state index in [1.54, 1.807) is 6.20 Å². The second kappa shape index (κ2) is 9.36. The van der Waals surface area contributed by atoms with Crippen molar-refractivity contribution in [3.8, 4) is 0 Å². The van der Waals surface area contributed by atoms with Crippen molar-refractivity contribution in [2.75, 3.05) is 11.1 Å². The van der Waals surface area contributed by atoms with E-state index in [0.717, 1.165) is 43.5 Å². The first-order valence-corrected chi connectivity index (χ1v) is 11.2. The minimum absolute atomic E-state index is 0.0710. The van der Waals surface area contributed by atoms with Crippen molar-refractivity contribution >= 4 is 61.4 Å². The van der Waals surface area contributed by atoms with Gasteiger partial charge in [-0.1, -0.05) is 34.1 Å². The van der Waals surface area contributed by atoms with Gasteiger partial charge in [-0.3, -0.25) is 9.78 Å². The van der Waals surface area contributed by atoms with Crippen LogP contribution in [0.5, 0.6) is 0 Å². The van der Waals surface area contributed by atoms with E-state index in [-0.39, 0.29) is 11.7 Å². The molecule has 7 heteroatoms. The Morgan fingerprint density at radius 3 is 2.57 bits per heavy atom. The van der Waals surface area contributed by atoms with E-state index < -0.39 is 0 Å². The number of benzene rings is 2. The van der Waals surface area contributed by atoms with E-state index in [2.05, 4.69) is 26.2 Å². The zero-order valence-corrected chi connectivity index (χ0v) is 18.7. The number of nitrogens with one attached hydrogen (secondary N) is 1. The topological polar surface area (TPSA) is 66.7 Å². The number of aromatic nitrogens is 1. The molecule has 0 fully saturated rings. The van der Waals surface area contributed by atoms with E-state index >= 15 is 0 Å². The van der Waals surface area contributed by atoms with Gasteiger partial charge in [0.1, 0.15) is 0 Å². The van der Waals surface area contributed by atoms with E-state index in [0.29, 0.717) is 6.42 Å². The van der Waals surface area contributed by atoms with Crippen LogP contribution in [0.3, 0.4) is 0 Å².